The number of nitrogens with one attached hydrogen (secondary N) is 1. The van der Waals surface area contributed by atoms with Crippen LogP contribution in [-0.4, -0.2) is 25.7 Å². The summed E-state index contributed by atoms with van der Waals surface area (Å²) in [7, 11) is -2.20. The summed E-state index contributed by atoms with van der Waals surface area (Å²) in [6.07, 6.45) is 1.50. The molecule has 27 heavy (non-hydrogen) atoms. The maximum absolute atomic E-state index is 12.6. The van der Waals surface area contributed by atoms with E-state index in [9.17, 15) is 13.2 Å². The molecule has 0 saturated carbocycles. The lowest BCUT2D eigenvalue weighted by Crippen LogP contribution is -2.26. The molecule has 0 unspecified atom stereocenters. The smallest absolute Gasteiger partial charge is 0.255 e. The molecule has 0 aliphatic carbocycles. The molecule has 2 aromatic carbocycles. The molecular weight excluding hydrogens is 364 g/mol. The summed E-state index contributed by atoms with van der Waals surface area (Å²) in [6.45, 7) is 2.10. The molecule has 0 bridgehead atoms. The van der Waals surface area contributed by atoms with Crippen LogP contribution in [0.15, 0.2) is 76.2 Å². The molecule has 0 aliphatic rings. The Labute approximate surface area is 158 Å². The van der Waals surface area contributed by atoms with Gasteiger partial charge in [0.15, 0.2) is 0 Å². The number of rotatable bonds is 6. The summed E-state index contributed by atoms with van der Waals surface area (Å²) in [5.41, 5.74) is 2.16. The molecule has 3 aromatic rings. The van der Waals surface area contributed by atoms with Gasteiger partial charge in [-0.1, -0.05) is 17.7 Å². The van der Waals surface area contributed by atoms with Crippen molar-refractivity contribution in [2.24, 2.45) is 0 Å². The van der Waals surface area contributed by atoms with Crippen LogP contribution in [0.25, 0.3) is 0 Å². The van der Waals surface area contributed by atoms with E-state index >= 15 is 0 Å². The third kappa shape index (κ3) is 4.45. The SMILES string of the molecule is Cc1ccc(NC(=O)c2ccc(S(=O)(=O)N(C)Cc3ccco3)cc2)cc1. The van der Waals surface area contributed by atoms with Gasteiger partial charge >= 0.3 is 0 Å². The van der Waals surface area contributed by atoms with Crippen LogP contribution in [0.1, 0.15) is 21.7 Å². The largest absolute Gasteiger partial charge is 0.468 e. The Kier molecular flexibility index (Phi) is 5.43. The van der Waals surface area contributed by atoms with Crippen molar-refractivity contribution in [2.45, 2.75) is 18.4 Å². The van der Waals surface area contributed by atoms with E-state index in [1.165, 1.54) is 41.9 Å². The topological polar surface area (TPSA) is 79.6 Å². The predicted octanol–water partition coefficient (Wildman–Crippen LogP) is 3.66. The molecule has 1 N–H and O–H groups in total. The summed E-state index contributed by atoms with van der Waals surface area (Å²) < 4.78 is 31.7. The normalized spacial score (nSPS) is 11.5. The number of hydrogen-bond donors (Lipinski definition) is 1. The Hall–Kier alpha value is -2.90. The first-order valence-corrected chi connectivity index (χ1v) is 9.77. The van der Waals surface area contributed by atoms with Crippen LogP contribution in [0.2, 0.25) is 0 Å². The lowest BCUT2D eigenvalue weighted by molar-refractivity contribution is 0.102. The van der Waals surface area contributed by atoms with Crippen molar-refractivity contribution >= 4 is 21.6 Å². The van der Waals surface area contributed by atoms with Gasteiger partial charge in [-0.15, -0.1) is 0 Å². The van der Waals surface area contributed by atoms with E-state index in [1.54, 1.807) is 12.1 Å². The van der Waals surface area contributed by atoms with Gasteiger partial charge in [-0.25, -0.2) is 8.42 Å². The van der Waals surface area contributed by atoms with Gasteiger partial charge in [-0.05, 0) is 55.5 Å². The highest BCUT2D eigenvalue weighted by Crippen LogP contribution is 2.18. The number of hydrogen-bond acceptors (Lipinski definition) is 4. The lowest BCUT2D eigenvalue weighted by Gasteiger charge is -2.16. The Bertz CT molecular complexity index is 1010. The number of anilines is 1. The number of carbonyl (C=O) groups excluding carboxylic acids is 1. The summed E-state index contributed by atoms with van der Waals surface area (Å²) >= 11 is 0. The van der Waals surface area contributed by atoms with Crippen LogP contribution in [0, 0.1) is 6.92 Å². The van der Waals surface area contributed by atoms with Crippen molar-refractivity contribution < 1.29 is 17.6 Å². The highest BCUT2D eigenvalue weighted by atomic mass is 32.2. The molecule has 0 spiro atoms. The molecule has 1 amide bonds. The molecule has 0 atom stereocenters. The van der Waals surface area contributed by atoms with Crippen molar-refractivity contribution in [3.05, 3.63) is 83.8 Å². The quantitative estimate of drug-likeness (QED) is 0.703. The van der Waals surface area contributed by atoms with Crippen molar-refractivity contribution in [1.29, 1.82) is 0 Å². The molecule has 0 fully saturated rings. The highest BCUT2D eigenvalue weighted by Gasteiger charge is 2.22. The average Bonchev–Trinajstić information content (AvgIpc) is 3.16. The van der Waals surface area contributed by atoms with E-state index < -0.39 is 10.0 Å². The van der Waals surface area contributed by atoms with Crippen molar-refractivity contribution in [3.8, 4) is 0 Å². The zero-order valence-electron chi connectivity index (χ0n) is 15.0. The summed E-state index contributed by atoms with van der Waals surface area (Å²) in [6, 6.07) is 16.7. The fraction of sp³-hybridized carbons (Fsp3) is 0.150. The van der Waals surface area contributed by atoms with E-state index in [0.717, 1.165) is 5.56 Å². The van der Waals surface area contributed by atoms with E-state index in [2.05, 4.69) is 5.32 Å². The minimum absolute atomic E-state index is 0.114. The maximum atomic E-state index is 12.6. The predicted molar refractivity (Wildman–Crippen MR) is 103 cm³/mol. The molecule has 140 valence electrons. The first-order valence-electron chi connectivity index (χ1n) is 8.33. The number of nitrogens with zero attached hydrogens (tertiary/aromatic N) is 1. The monoisotopic (exact) mass is 384 g/mol. The first-order chi connectivity index (χ1) is 12.9. The van der Waals surface area contributed by atoms with Crippen LogP contribution in [0.3, 0.4) is 0 Å². The second kappa shape index (κ2) is 7.77. The Morgan fingerprint density at radius 2 is 1.70 bits per heavy atom. The van der Waals surface area contributed by atoms with Gasteiger partial charge in [0, 0.05) is 18.3 Å². The zero-order valence-corrected chi connectivity index (χ0v) is 15.9. The Morgan fingerprint density at radius 3 is 2.30 bits per heavy atom. The van der Waals surface area contributed by atoms with E-state index in [-0.39, 0.29) is 17.3 Å². The first kappa shape index (κ1) is 18.9. The zero-order chi connectivity index (χ0) is 19.4. The van der Waals surface area contributed by atoms with Crippen LogP contribution < -0.4 is 5.32 Å². The minimum Gasteiger partial charge on any atom is -0.468 e. The van der Waals surface area contributed by atoms with E-state index in [0.29, 0.717) is 17.0 Å². The Morgan fingerprint density at radius 1 is 1.04 bits per heavy atom. The summed E-state index contributed by atoms with van der Waals surface area (Å²) in [5.74, 6) is 0.252. The molecule has 0 saturated heterocycles. The van der Waals surface area contributed by atoms with Gasteiger partial charge in [0.05, 0.1) is 17.7 Å². The molecule has 3 rings (SSSR count). The van der Waals surface area contributed by atoms with Gasteiger partial charge in [0.25, 0.3) is 5.91 Å². The molecular formula is C20H20N2O4S. The van der Waals surface area contributed by atoms with Crippen molar-refractivity contribution in [1.82, 2.24) is 4.31 Å². The van der Waals surface area contributed by atoms with Gasteiger partial charge in [0.1, 0.15) is 5.76 Å². The maximum Gasteiger partial charge on any atom is 0.255 e. The second-order valence-corrected chi connectivity index (χ2v) is 8.23. The van der Waals surface area contributed by atoms with Crippen LogP contribution >= 0.6 is 0 Å². The summed E-state index contributed by atoms with van der Waals surface area (Å²) in [5, 5.41) is 2.78. The second-order valence-electron chi connectivity index (χ2n) is 6.18. The molecule has 1 aromatic heterocycles. The number of carbonyl (C=O) groups is 1. The number of aryl methyl sites for hydroxylation is 1. The summed E-state index contributed by atoms with van der Waals surface area (Å²) in [4.78, 5) is 12.4. The van der Waals surface area contributed by atoms with Crippen LogP contribution in [0.5, 0.6) is 0 Å². The number of amides is 1. The molecule has 0 aliphatic heterocycles. The lowest BCUT2D eigenvalue weighted by atomic mass is 10.2. The van der Waals surface area contributed by atoms with Crippen molar-refractivity contribution in [3.63, 3.8) is 0 Å². The van der Waals surface area contributed by atoms with E-state index in [1.807, 2.05) is 31.2 Å². The van der Waals surface area contributed by atoms with Gasteiger partial charge < -0.3 is 9.73 Å². The van der Waals surface area contributed by atoms with E-state index in [4.69, 9.17) is 4.42 Å². The van der Waals surface area contributed by atoms with Crippen LogP contribution in [0.4, 0.5) is 5.69 Å². The van der Waals surface area contributed by atoms with Crippen LogP contribution in [-0.2, 0) is 16.6 Å². The van der Waals surface area contributed by atoms with Gasteiger partial charge in [-0.2, -0.15) is 4.31 Å². The van der Waals surface area contributed by atoms with Gasteiger partial charge in [-0.3, -0.25) is 4.79 Å². The number of furan rings is 1. The molecule has 1 heterocycles. The molecule has 0 radical (unpaired) electrons. The fourth-order valence-electron chi connectivity index (χ4n) is 2.51. The molecule has 6 nitrogen and oxygen atoms in total. The Balaban J connectivity index is 1.71. The standard InChI is InChI=1S/C20H20N2O4S/c1-15-5-9-17(10-6-15)21-20(23)16-7-11-19(12-8-16)27(24,25)22(2)14-18-4-3-13-26-18/h3-13H,14H2,1-2H3,(H,21,23). The highest BCUT2D eigenvalue weighted by molar-refractivity contribution is 7.89. The minimum atomic E-state index is -3.68. The number of benzene rings is 2. The molecule has 7 heteroatoms. The van der Waals surface area contributed by atoms with Crippen molar-refractivity contribution in [2.75, 3.05) is 12.4 Å². The number of sulfonamides is 1. The van der Waals surface area contributed by atoms with Gasteiger partial charge in [0.2, 0.25) is 10.0 Å². The third-order valence-electron chi connectivity index (χ3n) is 4.09. The fourth-order valence-corrected chi connectivity index (χ4v) is 3.64. The third-order valence-corrected chi connectivity index (χ3v) is 5.91. The average molecular weight is 384 g/mol.